The zero-order valence-corrected chi connectivity index (χ0v) is 11.5. The number of nitrogens with zero attached hydrogens (tertiary/aromatic N) is 1. The minimum Gasteiger partial charge on any atom is -0.355 e. The molecule has 2 atom stereocenters. The minimum absolute atomic E-state index is 0.211. The number of carbonyl (C=O) groups excluding carboxylic acids is 1. The summed E-state index contributed by atoms with van der Waals surface area (Å²) in [5, 5.41) is 12.4. The second kappa shape index (κ2) is 7.78. The van der Waals surface area contributed by atoms with Crippen LogP contribution in [0.4, 0.5) is 0 Å². The molecule has 1 aromatic rings. The number of nitrogens with one attached hydrogen (secondary N) is 1. The highest BCUT2D eigenvalue weighted by Gasteiger charge is 2.19. The van der Waals surface area contributed by atoms with Crippen molar-refractivity contribution in [3.63, 3.8) is 0 Å². The lowest BCUT2D eigenvalue weighted by atomic mass is 10.00. The zero-order chi connectivity index (χ0) is 13.4. The summed E-state index contributed by atoms with van der Waals surface area (Å²) in [5.41, 5.74) is 0.746. The van der Waals surface area contributed by atoms with Crippen molar-refractivity contribution in [2.24, 2.45) is 0 Å². The van der Waals surface area contributed by atoms with Gasteiger partial charge in [-0.05, 0) is 18.2 Å². The molecule has 1 rings (SSSR count). The van der Waals surface area contributed by atoms with Crippen molar-refractivity contribution in [1.29, 1.82) is 5.26 Å². The topological polar surface area (TPSA) is 52.9 Å². The van der Waals surface area contributed by atoms with Crippen LogP contribution in [0.15, 0.2) is 30.3 Å². The van der Waals surface area contributed by atoms with E-state index in [1.807, 2.05) is 18.2 Å². The van der Waals surface area contributed by atoms with E-state index in [9.17, 15) is 4.79 Å². The third-order valence-corrected chi connectivity index (χ3v) is 3.82. The van der Waals surface area contributed by atoms with Crippen molar-refractivity contribution in [3.8, 4) is 6.07 Å². The molecule has 0 aromatic heterocycles. The first-order valence-electron chi connectivity index (χ1n) is 5.94. The van der Waals surface area contributed by atoms with Gasteiger partial charge < -0.3 is 5.32 Å². The molecular weight excluding hydrogens is 244 g/mol. The summed E-state index contributed by atoms with van der Waals surface area (Å²) < 4.78 is 0. The first-order valence-corrected chi connectivity index (χ1v) is 7.23. The largest absolute Gasteiger partial charge is 0.355 e. The molecule has 1 N–H and O–H groups in total. The molecule has 0 aliphatic rings. The molecule has 0 aliphatic heterocycles. The highest BCUT2D eigenvalue weighted by molar-refractivity contribution is 7.99. The predicted octanol–water partition coefficient (Wildman–Crippen LogP) is 2.55. The minimum atomic E-state index is -0.712. The van der Waals surface area contributed by atoms with Crippen LogP contribution in [0.25, 0.3) is 0 Å². The van der Waals surface area contributed by atoms with Crippen molar-refractivity contribution >= 4 is 17.7 Å². The summed E-state index contributed by atoms with van der Waals surface area (Å²) >= 11 is 1.77. The molecule has 1 amide bonds. The van der Waals surface area contributed by atoms with Crippen LogP contribution < -0.4 is 5.32 Å². The van der Waals surface area contributed by atoms with E-state index in [1.165, 1.54) is 0 Å². The Labute approximate surface area is 113 Å². The van der Waals surface area contributed by atoms with Gasteiger partial charge in [0, 0.05) is 11.8 Å². The Balaban J connectivity index is 2.52. The standard InChI is InChI=1S/C14H18N2OS/c1-11(18-2)8-9-16-14(17)13(10-15)12-6-4-3-5-7-12/h3-7,11,13H,8-9H2,1-2H3,(H,16,17). The number of hydrogen-bond donors (Lipinski definition) is 1. The molecule has 0 fully saturated rings. The van der Waals surface area contributed by atoms with E-state index in [0.717, 1.165) is 12.0 Å². The highest BCUT2D eigenvalue weighted by atomic mass is 32.2. The van der Waals surface area contributed by atoms with Gasteiger partial charge in [-0.2, -0.15) is 17.0 Å². The number of thioether (sulfide) groups is 1. The number of hydrogen-bond acceptors (Lipinski definition) is 3. The second-order valence-electron chi connectivity index (χ2n) is 4.10. The first-order chi connectivity index (χ1) is 8.69. The van der Waals surface area contributed by atoms with Crippen LogP contribution in [-0.2, 0) is 4.79 Å². The van der Waals surface area contributed by atoms with E-state index >= 15 is 0 Å². The van der Waals surface area contributed by atoms with Gasteiger partial charge in [-0.3, -0.25) is 4.79 Å². The van der Waals surface area contributed by atoms with E-state index in [1.54, 1.807) is 23.9 Å². The summed E-state index contributed by atoms with van der Waals surface area (Å²) in [5.74, 6) is -0.923. The second-order valence-corrected chi connectivity index (χ2v) is 5.37. The number of amides is 1. The molecule has 0 spiro atoms. The molecule has 0 heterocycles. The van der Waals surface area contributed by atoms with Gasteiger partial charge in [0.25, 0.3) is 0 Å². The molecule has 0 saturated carbocycles. The maximum Gasteiger partial charge on any atom is 0.241 e. The van der Waals surface area contributed by atoms with E-state index in [4.69, 9.17) is 5.26 Å². The van der Waals surface area contributed by atoms with Crippen molar-refractivity contribution in [1.82, 2.24) is 5.32 Å². The molecular formula is C14H18N2OS. The molecule has 2 unspecified atom stereocenters. The zero-order valence-electron chi connectivity index (χ0n) is 10.7. The van der Waals surface area contributed by atoms with Crippen molar-refractivity contribution in [2.45, 2.75) is 24.5 Å². The molecule has 96 valence electrons. The lowest BCUT2D eigenvalue weighted by Crippen LogP contribution is -2.30. The number of nitriles is 1. The van der Waals surface area contributed by atoms with Gasteiger partial charge in [-0.25, -0.2) is 0 Å². The number of carbonyl (C=O) groups is 1. The van der Waals surface area contributed by atoms with Crippen LogP contribution in [0.5, 0.6) is 0 Å². The Hall–Kier alpha value is -1.47. The summed E-state index contributed by atoms with van der Waals surface area (Å²) in [6, 6.07) is 11.2. The molecule has 0 radical (unpaired) electrons. The van der Waals surface area contributed by atoms with E-state index in [2.05, 4.69) is 24.6 Å². The summed E-state index contributed by atoms with van der Waals surface area (Å²) in [7, 11) is 0. The van der Waals surface area contributed by atoms with Gasteiger partial charge in [-0.15, -0.1) is 0 Å². The Kier molecular flexibility index (Phi) is 6.31. The number of rotatable bonds is 6. The molecule has 0 saturated heterocycles. The van der Waals surface area contributed by atoms with Gasteiger partial charge in [0.1, 0.15) is 5.92 Å². The van der Waals surface area contributed by atoms with Gasteiger partial charge in [0.05, 0.1) is 6.07 Å². The van der Waals surface area contributed by atoms with Crippen LogP contribution in [0.3, 0.4) is 0 Å². The molecule has 4 heteroatoms. The van der Waals surface area contributed by atoms with Crippen LogP contribution in [-0.4, -0.2) is 24.0 Å². The monoisotopic (exact) mass is 262 g/mol. The Morgan fingerprint density at radius 1 is 1.44 bits per heavy atom. The van der Waals surface area contributed by atoms with Crippen molar-refractivity contribution in [2.75, 3.05) is 12.8 Å². The lowest BCUT2D eigenvalue weighted by molar-refractivity contribution is -0.121. The van der Waals surface area contributed by atoms with E-state index in [-0.39, 0.29) is 5.91 Å². The average molecular weight is 262 g/mol. The van der Waals surface area contributed by atoms with Crippen molar-refractivity contribution in [3.05, 3.63) is 35.9 Å². The smallest absolute Gasteiger partial charge is 0.241 e. The fourth-order valence-corrected chi connectivity index (χ4v) is 1.90. The average Bonchev–Trinajstić information content (AvgIpc) is 2.40. The maximum absolute atomic E-state index is 11.9. The Morgan fingerprint density at radius 2 is 2.11 bits per heavy atom. The number of benzene rings is 1. The van der Waals surface area contributed by atoms with Gasteiger partial charge in [-0.1, -0.05) is 37.3 Å². The van der Waals surface area contributed by atoms with Gasteiger partial charge >= 0.3 is 0 Å². The van der Waals surface area contributed by atoms with Crippen LogP contribution in [0.2, 0.25) is 0 Å². The fourth-order valence-electron chi connectivity index (χ4n) is 1.55. The Bertz CT molecular complexity index is 414. The fraction of sp³-hybridized carbons (Fsp3) is 0.429. The first kappa shape index (κ1) is 14.6. The van der Waals surface area contributed by atoms with E-state index < -0.39 is 5.92 Å². The van der Waals surface area contributed by atoms with Crippen LogP contribution in [0, 0.1) is 11.3 Å². The third kappa shape index (κ3) is 4.42. The normalized spacial score (nSPS) is 13.4. The molecule has 0 bridgehead atoms. The quantitative estimate of drug-likeness (QED) is 0.857. The molecule has 1 aromatic carbocycles. The predicted molar refractivity (Wildman–Crippen MR) is 75.4 cm³/mol. The lowest BCUT2D eigenvalue weighted by Gasteiger charge is -2.12. The highest BCUT2D eigenvalue weighted by Crippen LogP contribution is 2.14. The van der Waals surface area contributed by atoms with Crippen LogP contribution in [0.1, 0.15) is 24.8 Å². The van der Waals surface area contributed by atoms with Crippen molar-refractivity contribution < 1.29 is 4.79 Å². The summed E-state index contributed by atoms with van der Waals surface area (Å²) in [6.07, 6.45) is 2.97. The maximum atomic E-state index is 11.9. The molecule has 0 aliphatic carbocycles. The summed E-state index contributed by atoms with van der Waals surface area (Å²) in [4.78, 5) is 11.9. The van der Waals surface area contributed by atoms with Crippen LogP contribution >= 0.6 is 11.8 Å². The van der Waals surface area contributed by atoms with E-state index in [0.29, 0.717) is 11.8 Å². The summed E-state index contributed by atoms with van der Waals surface area (Å²) in [6.45, 7) is 2.74. The van der Waals surface area contributed by atoms with Gasteiger partial charge in [0.15, 0.2) is 0 Å². The van der Waals surface area contributed by atoms with Gasteiger partial charge in [0.2, 0.25) is 5.91 Å². The SMILES string of the molecule is CSC(C)CCNC(=O)C(C#N)c1ccccc1. The third-order valence-electron chi connectivity index (χ3n) is 2.78. The molecule has 3 nitrogen and oxygen atoms in total. The molecule has 18 heavy (non-hydrogen) atoms. The Morgan fingerprint density at radius 3 is 2.67 bits per heavy atom.